The van der Waals surface area contributed by atoms with Crippen molar-refractivity contribution in [1.82, 2.24) is 0 Å². The summed E-state index contributed by atoms with van der Waals surface area (Å²) < 4.78 is 17.4. The Morgan fingerprint density at radius 1 is 1.40 bits per heavy atom. The second-order valence-electron chi connectivity index (χ2n) is 2.95. The van der Waals surface area contributed by atoms with Gasteiger partial charge >= 0.3 is 5.97 Å². The summed E-state index contributed by atoms with van der Waals surface area (Å²) in [6, 6.07) is 5.22. The van der Waals surface area contributed by atoms with E-state index in [4.69, 9.17) is 11.2 Å². The van der Waals surface area contributed by atoms with Crippen molar-refractivity contribution >= 4 is 5.97 Å². The van der Waals surface area contributed by atoms with Crippen molar-refractivity contribution in [2.75, 3.05) is 6.61 Å². The molecule has 0 aliphatic carbocycles. The zero-order chi connectivity index (χ0) is 11.1. The number of hydrogen-bond acceptors (Lipinski definition) is 2. The summed E-state index contributed by atoms with van der Waals surface area (Å²) in [7, 11) is 0. The highest BCUT2D eigenvalue weighted by Gasteiger charge is 2.05. The van der Waals surface area contributed by atoms with Crippen LogP contribution in [0.1, 0.15) is 23.2 Å². The summed E-state index contributed by atoms with van der Waals surface area (Å²) >= 11 is 0. The number of unbranched alkanes of at least 4 members (excludes halogenated alkanes) is 1. The van der Waals surface area contributed by atoms with Gasteiger partial charge in [0.2, 0.25) is 0 Å². The van der Waals surface area contributed by atoms with E-state index in [0.717, 1.165) is 0 Å². The summed E-state index contributed by atoms with van der Waals surface area (Å²) in [5, 5.41) is 0. The molecular formula is C12H11FO2. The van der Waals surface area contributed by atoms with Crippen molar-refractivity contribution in [2.45, 2.75) is 12.8 Å². The molecule has 0 saturated carbocycles. The van der Waals surface area contributed by atoms with E-state index in [0.29, 0.717) is 25.0 Å². The topological polar surface area (TPSA) is 26.3 Å². The predicted octanol–water partition coefficient (Wildman–Crippen LogP) is 2.40. The molecule has 0 radical (unpaired) electrons. The molecule has 0 fully saturated rings. The van der Waals surface area contributed by atoms with E-state index < -0.39 is 5.97 Å². The Kier molecular flexibility index (Phi) is 4.36. The van der Waals surface area contributed by atoms with Gasteiger partial charge in [-0.1, -0.05) is 0 Å². The number of hydrogen-bond donors (Lipinski definition) is 0. The lowest BCUT2D eigenvalue weighted by Gasteiger charge is -2.02. The number of benzene rings is 1. The molecule has 15 heavy (non-hydrogen) atoms. The third kappa shape index (κ3) is 3.82. The zero-order valence-electron chi connectivity index (χ0n) is 8.20. The van der Waals surface area contributed by atoms with Crippen LogP contribution in [0, 0.1) is 18.2 Å². The number of carbonyl (C=O) groups excluding carboxylic acids is 1. The third-order valence-electron chi connectivity index (χ3n) is 1.78. The minimum absolute atomic E-state index is 0.292. The quantitative estimate of drug-likeness (QED) is 0.429. The molecule has 2 nitrogen and oxygen atoms in total. The first-order chi connectivity index (χ1) is 7.24. The summed E-state index contributed by atoms with van der Waals surface area (Å²) in [5.41, 5.74) is 0.345. The van der Waals surface area contributed by atoms with Crippen molar-refractivity contribution in [1.29, 1.82) is 0 Å². The Balaban J connectivity index is 2.41. The fraction of sp³-hybridized carbons (Fsp3) is 0.250. The molecular weight excluding hydrogens is 195 g/mol. The van der Waals surface area contributed by atoms with Crippen LogP contribution in [0.4, 0.5) is 4.39 Å². The molecule has 1 aromatic carbocycles. The summed E-state index contributed by atoms with van der Waals surface area (Å²) in [5.74, 6) is 1.62. The largest absolute Gasteiger partial charge is 0.462 e. The number of halogens is 1. The van der Waals surface area contributed by atoms with Crippen LogP contribution >= 0.6 is 0 Å². The highest BCUT2D eigenvalue weighted by molar-refractivity contribution is 5.89. The highest BCUT2D eigenvalue weighted by atomic mass is 19.1. The number of carbonyl (C=O) groups is 1. The fourth-order valence-corrected chi connectivity index (χ4v) is 1.01. The SMILES string of the molecule is C#CCCCOC(=O)c1ccc(F)cc1. The van der Waals surface area contributed by atoms with Gasteiger partial charge in [-0.3, -0.25) is 0 Å². The van der Waals surface area contributed by atoms with Gasteiger partial charge in [0.15, 0.2) is 0 Å². The second kappa shape index (κ2) is 5.82. The van der Waals surface area contributed by atoms with Crippen LogP contribution in [0.15, 0.2) is 24.3 Å². The Bertz CT molecular complexity index is 362. The lowest BCUT2D eigenvalue weighted by atomic mass is 10.2. The van der Waals surface area contributed by atoms with E-state index in [9.17, 15) is 9.18 Å². The zero-order valence-corrected chi connectivity index (χ0v) is 8.20. The minimum Gasteiger partial charge on any atom is -0.462 e. The minimum atomic E-state index is -0.452. The van der Waals surface area contributed by atoms with E-state index in [1.807, 2.05) is 0 Å². The Morgan fingerprint density at radius 3 is 2.67 bits per heavy atom. The standard InChI is InChI=1S/C12H11FO2/c1-2-3-4-9-15-12(14)10-5-7-11(13)8-6-10/h1,5-8H,3-4,9H2. The molecule has 0 N–H and O–H groups in total. The van der Waals surface area contributed by atoms with E-state index in [1.54, 1.807) is 0 Å². The molecule has 0 aromatic heterocycles. The summed E-state index contributed by atoms with van der Waals surface area (Å²) in [4.78, 5) is 11.3. The van der Waals surface area contributed by atoms with Crippen LogP contribution in [0.25, 0.3) is 0 Å². The molecule has 1 rings (SSSR count). The first-order valence-corrected chi connectivity index (χ1v) is 4.60. The van der Waals surface area contributed by atoms with Crippen molar-refractivity contribution < 1.29 is 13.9 Å². The van der Waals surface area contributed by atoms with Gasteiger partial charge in [0, 0.05) is 6.42 Å². The van der Waals surface area contributed by atoms with E-state index in [2.05, 4.69) is 5.92 Å². The molecule has 0 unspecified atom stereocenters. The smallest absolute Gasteiger partial charge is 0.338 e. The third-order valence-corrected chi connectivity index (χ3v) is 1.78. The lowest BCUT2D eigenvalue weighted by Crippen LogP contribution is -2.06. The molecule has 3 heteroatoms. The number of rotatable bonds is 4. The summed E-state index contributed by atoms with van der Waals surface area (Å²) in [6.45, 7) is 0.292. The molecule has 0 amide bonds. The monoisotopic (exact) mass is 206 g/mol. The summed E-state index contributed by atoms with van der Waals surface area (Å²) in [6.07, 6.45) is 6.26. The Morgan fingerprint density at radius 2 is 2.07 bits per heavy atom. The normalized spacial score (nSPS) is 9.33. The van der Waals surface area contributed by atoms with Gasteiger partial charge in [0.05, 0.1) is 12.2 Å². The Hall–Kier alpha value is -1.82. The first-order valence-electron chi connectivity index (χ1n) is 4.60. The lowest BCUT2D eigenvalue weighted by molar-refractivity contribution is 0.0502. The van der Waals surface area contributed by atoms with Crippen molar-refractivity contribution in [3.8, 4) is 12.3 Å². The van der Waals surface area contributed by atoms with E-state index >= 15 is 0 Å². The molecule has 1 aromatic rings. The van der Waals surface area contributed by atoms with Gasteiger partial charge in [-0.05, 0) is 30.7 Å². The fourth-order valence-electron chi connectivity index (χ4n) is 1.01. The average molecular weight is 206 g/mol. The molecule has 78 valence electrons. The molecule has 0 bridgehead atoms. The molecule has 0 saturated heterocycles. The van der Waals surface area contributed by atoms with Gasteiger partial charge < -0.3 is 4.74 Å². The van der Waals surface area contributed by atoms with Gasteiger partial charge in [-0.25, -0.2) is 9.18 Å². The number of terminal acetylenes is 1. The van der Waals surface area contributed by atoms with Crippen LogP contribution in [0.2, 0.25) is 0 Å². The maximum atomic E-state index is 12.5. The van der Waals surface area contributed by atoms with Crippen LogP contribution in [-0.2, 0) is 4.74 Å². The molecule has 0 aliphatic rings. The van der Waals surface area contributed by atoms with Gasteiger partial charge in [-0.15, -0.1) is 12.3 Å². The number of esters is 1. The van der Waals surface area contributed by atoms with Crippen LogP contribution < -0.4 is 0 Å². The number of ether oxygens (including phenoxy) is 1. The molecule has 0 spiro atoms. The van der Waals surface area contributed by atoms with Crippen molar-refractivity contribution in [3.05, 3.63) is 35.6 Å². The van der Waals surface area contributed by atoms with E-state index in [1.165, 1.54) is 24.3 Å². The predicted molar refractivity (Wildman–Crippen MR) is 54.7 cm³/mol. The second-order valence-corrected chi connectivity index (χ2v) is 2.95. The van der Waals surface area contributed by atoms with Crippen molar-refractivity contribution in [2.24, 2.45) is 0 Å². The first kappa shape index (κ1) is 11.3. The maximum Gasteiger partial charge on any atom is 0.338 e. The van der Waals surface area contributed by atoms with Crippen LogP contribution in [0.3, 0.4) is 0 Å². The molecule has 0 heterocycles. The molecule has 0 atom stereocenters. The van der Waals surface area contributed by atoms with Gasteiger partial charge in [0.1, 0.15) is 5.82 Å². The van der Waals surface area contributed by atoms with Crippen LogP contribution in [0.5, 0.6) is 0 Å². The maximum absolute atomic E-state index is 12.5. The average Bonchev–Trinajstić information content (AvgIpc) is 2.25. The highest BCUT2D eigenvalue weighted by Crippen LogP contribution is 2.04. The van der Waals surface area contributed by atoms with Gasteiger partial charge in [0.25, 0.3) is 0 Å². The Labute approximate surface area is 88.1 Å². The van der Waals surface area contributed by atoms with Crippen LogP contribution in [-0.4, -0.2) is 12.6 Å². The van der Waals surface area contributed by atoms with E-state index in [-0.39, 0.29) is 5.82 Å². The van der Waals surface area contributed by atoms with Crippen molar-refractivity contribution in [3.63, 3.8) is 0 Å². The molecule has 0 aliphatic heterocycles. The van der Waals surface area contributed by atoms with Gasteiger partial charge in [-0.2, -0.15) is 0 Å².